The van der Waals surface area contributed by atoms with E-state index in [0.29, 0.717) is 11.8 Å². The first-order valence-corrected chi connectivity index (χ1v) is 7.21. The van der Waals surface area contributed by atoms with Crippen molar-refractivity contribution in [3.8, 4) is 0 Å². The van der Waals surface area contributed by atoms with E-state index in [4.69, 9.17) is 4.74 Å². The van der Waals surface area contributed by atoms with Crippen LogP contribution in [0.1, 0.15) is 47.5 Å². The third kappa shape index (κ3) is 3.19. The predicted molar refractivity (Wildman–Crippen MR) is 74.5 cm³/mol. The smallest absolute Gasteiger partial charge is 0.312 e. The number of fused-ring (bicyclic) bond motifs is 2. The summed E-state index contributed by atoms with van der Waals surface area (Å²) in [7, 11) is 0. The highest BCUT2D eigenvalue weighted by molar-refractivity contribution is 5.75. The summed E-state index contributed by atoms with van der Waals surface area (Å²) in [4.78, 5) is 12.5. The Kier molecular flexibility index (Phi) is 3.54. The van der Waals surface area contributed by atoms with Gasteiger partial charge in [-0.25, -0.2) is 0 Å². The van der Waals surface area contributed by atoms with Gasteiger partial charge in [-0.3, -0.25) is 4.79 Å². The van der Waals surface area contributed by atoms with E-state index in [2.05, 4.69) is 12.2 Å². The van der Waals surface area contributed by atoms with Gasteiger partial charge in [0, 0.05) is 0 Å². The zero-order chi connectivity index (χ0) is 14.4. The van der Waals surface area contributed by atoms with Crippen LogP contribution in [0.4, 0.5) is 0 Å². The Morgan fingerprint density at radius 2 is 1.84 bits per heavy atom. The molecule has 0 radical (unpaired) electrons. The number of carbonyl (C=O) groups excluding carboxylic acids is 1. The van der Waals surface area contributed by atoms with Crippen molar-refractivity contribution in [3.63, 3.8) is 0 Å². The highest BCUT2D eigenvalue weighted by Crippen LogP contribution is 2.49. The maximum Gasteiger partial charge on any atom is 0.312 e. The summed E-state index contributed by atoms with van der Waals surface area (Å²) < 4.78 is 5.52. The van der Waals surface area contributed by atoms with Crippen LogP contribution in [-0.2, 0) is 9.53 Å². The van der Waals surface area contributed by atoms with Gasteiger partial charge in [0.15, 0.2) is 0 Å². The van der Waals surface area contributed by atoms with Crippen LogP contribution in [0, 0.1) is 23.7 Å². The number of hydrogen-bond acceptors (Lipinski definition) is 3. The molecule has 1 saturated carbocycles. The molecule has 0 heterocycles. The minimum absolute atomic E-state index is 0.213. The summed E-state index contributed by atoms with van der Waals surface area (Å²) in [6.45, 7) is 9.04. The SMILES string of the molecule is CC(C)(C)OC(=O)C(C1CC2C=CC1C2)C(C)(C)O. The normalized spacial score (nSPS) is 31.6. The molecule has 0 amide bonds. The second-order valence-corrected chi connectivity index (χ2v) is 7.61. The van der Waals surface area contributed by atoms with Gasteiger partial charge >= 0.3 is 5.97 Å². The van der Waals surface area contributed by atoms with Crippen molar-refractivity contribution in [2.45, 2.75) is 58.7 Å². The molecule has 4 unspecified atom stereocenters. The maximum absolute atomic E-state index is 12.5. The number of allylic oxidation sites excluding steroid dienone is 2. The molecule has 2 aliphatic rings. The minimum Gasteiger partial charge on any atom is -0.460 e. The Labute approximate surface area is 116 Å². The third-order valence-corrected chi connectivity index (χ3v) is 4.18. The molecule has 0 spiro atoms. The second kappa shape index (κ2) is 4.62. The van der Waals surface area contributed by atoms with Crippen LogP contribution in [0.25, 0.3) is 0 Å². The van der Waals surface area contributed by atoms with E-state index in [1.165, 1.54) is 0 Å². The molecule has 3 heteroatoms. The van der Waals surface area contributed by atoms with Gasteiger partial charge < -0.3 is 9.84 Å². The molecule has 2 bridgehead atoms. The highest BCUT2D eigenvalue weighted by Gasteiger charge is 2.49. The van der Waals surface area contributed by atoms with Crippen LogP contribution in [-0.4, -0.2) is 22.3 Å². The lowest BCUT2D eigenvalue weighted by atomic mass is 9.74. The monoisotopic (exact) mass is 266 g/mol. The Hall–Kier alpha value is -0.830. The van der Waals surface area contributed by atoms with Gasteiger partial charge in [-0.1, -0.05) is 12.2 Å². The van der Waals surface area contributed by atoms with Crippen LogP contribution in [0.15, 0.2) is 12.2 Å². The number of aliphatic hydroxyl groups is 1. The molecular weight excluding hydrogens is 240 g/mol. The van der Waals surface area contributed by atoms with Gasteiger partial charge in [0.2, 0.25) is 0 Å². The number of rotatable bonds is 3. The Morgan fingerprint density at radius 1 is 1.21 bits per heavy atom. The van der Waals surface area contributed by atoms with E-state index in [-0.39, 0.29) is 11.9 Å². The summed E-state index contributed by atoms with van der Waals surface area (Å²) in [5.74, 6) is 0.527. The molecule has 0 saturated heterocycles. The number of carbonyl (C=O) groups is 1. The predicted octanol–water partition coefficient (Wildman–Crippen LogP) is 2.93. The first-order chi connectivity index (χ1) is 8.58. The van der Waals surface area contributed by atoms with Gasteiger partial charge in [0.25, 0.3) is 0 Å². The lowest BCUT2D eigenvalue weighted by Gasteiger charge is -2.36. The van der Waals surface area contributed by atoms with Crippen LogP contribution in [0.3, 0.4) is 0 Å². The van der Waals surface area contributed by atoms with E-state index in [1.807, 2.05) is 20.8 Å². The lowest BCUT2D eigenvalue weighted by molar-refractivity contribution is -0.172. The van der Waals surface area contributed by atoms with Crippen molar-refractivity contribution in [2.24, 2.45) is 23.7 Å². The largest absolute Gasteiger partial charge is 0.460 e. The first-order valence-electron chi connectivity index (χ1n) is 7.21. The maximum atomic E-state index is 12.5. The number of ether oxygens (including phenoxy) is 1. The molecule has 0 aromatic carbocycles. The van der Waals surface area contributed by atoms with Crippen molar-refractivity contribution in [1.82, 2.24) is 0 Å². The molecule has 4 atom stereocenters. The summed E-state index contributed by atoms with van der Waals surface area (Å²) in [6.07, 6.45) is 6.58. The van der Waals surface area contributed by atoms with Gasteiger partial charge in [-0.05, 0) is 65.2 Å². The van der Waals surface area contributed by atoms with E-state index in [0.717, 1.165) is 12.8 Å². The van der Waals surface area contributed by atoms with E-state index in [1.54, 1.807) is 13.8 Å². The molecule has 19 heavy (non-hydrogen) atoms. The Balaban J connectivity index is 2.18. The van der Waals surface area contributed by atoms with Crippen LogP contribution in [0.5, 0.6) is 0 Å². The molecule has 1 fully saturated rings. The molecule has 0 aromatic rings. The number of esters is 1. The zero-order valence-electron chi connectivity index (χ0n) is 12.6. The Bertz CT molecular complexity index is 384. The molecule has 2 rings (SSSR count). The molecule has 2 aliphatic carbocycles. The van der Waals surface area contributed by atoms with Gasteiger partial charge in [0.05, 0.1) is 11.5 Å². The lowest BCUT2D eigenvalue weighted by Crippen LogP contribution is -2.46. The second-order valence-electron chi connectivity index (χ2n) is 7.61. The van der Waals surface area contributed by atoms with Crippen molar-refractivity contribution < 1.29 is 14.6 Å². The quantitative estimate of drug-likeness (QED) is 0.631. The van der Waals surface area contributed by atoms with Crippen molar-refractivity contribution in [1.29, 1.82) is 0 Å². The number of hydrogen-bond donors (Lipinski definition) is 1. The summed E-state index contributed by atoms with van der Waals surface area (Å²) in [5.41, 5.74) is -1.54. The van der Waals surface area contributed by atoms with E-state index in [9.17, 15) is 9.90 Å². The summed E-state index contributed by atoms with van der Waals surface area (Å²) in [6, 6.07) is 0. The van der Waals surface area contributed by atoms with E-state index >= 15 is 0 Å². The standard InChI is InChI=1S/C16H26O3/c1-15(2,3)19-14(17)13(16(4,5)18)12-9-10-6-7-11(12)8-10/h6-7,10-13,18H,8-9H2,1-5H3. The van der Waals surface area contributed by atoms with Crippen molar-refractivity contribution in [2.75, 3.05) is 0 Å². The van der Waals surface area contributed by atoms with E-state index < -0.39 is 17.1 Å². The molecule has 3 nitrogen and oxygen atoms in total. The fourth-order valence-corrected chi connectivity index (χ4v) is 3.56. The highest BCUT2D eigenvalue weighted by atomic mass is 16.6. The molecule has 1 N–H and O–H groups in total. The van der Waals surface area contributed by atoms with Crippen LogP contribution < -0.4 is 0 Å². The van der Waals surface area contributed by atoms with Crippen molar-refractivity contribution >= 4 is 5.97 Å². The molecule has 0 aromatic heterocycles. The van der Waals surface area contributed by atoms with Crippen LogP contribution in [0.2, 0.25) is 0 Å². The fraction of sp³-hybridized carbons (Fsp3) is 0.812. The molecular formula is C16H26O3. The van der Waals surface area contributed by atoms with Gasteiger partial charge in [-0.2, -0.15) is 0 Å². The first kappa shape index (κ1) is 14.6. The minimum atomic E-state index is -1.04. The van der Waals surface area contributed by atoms with Gasteiger partial charge in [0.1, 0.15) is 5.60 Å². The summed E-state index contributed by atoms with van der Waals surface area (Å²) in [5, 5.41) is 10.4. The van der Waals surface area contributed by atoms with Crippen LogP contribution >= 0.6 is 0 Å². The molecule has 0 aliphatic heterocycles. The van der Waals surface area contributed by atoms with Gasteiger partial charge in [-0.15, -0.1) is 0 Å². The fourth-order valence-electron chi connectivity index (χ4n) is 3.56. The average molecular weight is 266 g/mol. The molecule has 108 valence electrons. The average Bonchev–Trinajstić information content (AvgIpc) is 2.73. The zero-order valence-corrected chi connectivity index (χ0v) is 12.6. The Morgan fingerprint density at radius 3 is 2.21 bits per heavy atom. The topological polar surface area (TPSA) is 46.5 Å². The van der Waals surface area contributed by atoms with Crippen molar-refractivity contribution in [3.05, 3.63) is 12.2 Å². The third-order valence-electron chi connectivity index (χ3n) is 4.18. The summed E-state index contributed by atoms with van der Waals surface area (Å²) >= 11 is 0.